The molecule has 2 heterocycles. The summed E-state index contributed by atoms with van der Waals surface area (Å²) in [7, 11) is 0. The van der Waals surface area contributed by atoms with Crippen LogP contribution < -0.4 is 9.80 Å². The van der Waals surface area contributed by atoms with Crippen LogP contribution in [0.25, 0.3) is 0 Å². The summed E-state index contributed by atoms with van der Waals surface area (Å²) < 4.78 is 0. The van der Waals surface area contributed by atoms with Crippen LogP contribution in [0.15, 0.2) is 72.8 Å². The zero-order chi connectivity index (χ0) is 16.3. The van der Waals surface area contributed by atoms with Crippen molar-refractivity contribution in [3.05, 3.63) is 83.9 Å². The number of fused-ring (bicyclic) bond motifs is 2. The molecule has 0 aliphatic carbocycles. The first kappa shape index (κ1) is 13.1. The maximum atomic E-state index is 12.5. The van der Waals surface area contributed by atoms with Gasteiger partial charge in [0.25, 0.3) is 11.8 Å². The molecule has 0 saturated carbocycles. The van der Waals surface area contributed by atoms with Crippen LogP contribution in [0.5, 0.6) is 0 Å². The van der Waals surface area contributed by atoms with Gasteiger partial charge in [0.2, 0.25) is 0 Å². The molecule has 0 bridgehead atoms. The Morgan fingerprint density at radius 2 is 0.792 bits per heavy atom. The van der Waals surface area contributed by atoms with Crippen molar-refractivity contribution in [3.8, 4) is 0 Å². The number of amides is 2. The average Bonchev–Trinajstić information content (AvgIpc) is 3.53. The first-order valence-corrected chi connectivity index (χ1v) is 7.73. The molecule has 0 saturated heterocycles. The fourth-order valence-electron chi connectivity index (χ4n) is 3.06. The molecular weight excluding hydrogens is 300 g/mol. The standard InChI is InChI=1S/C20H12N2O2/c23-19(21-15-5-1-2-6-16(15)21)13-9-11-14(12-10-13)20(24)22-17-7-3-4-8-18(17)22/h1-12H. The van der Waals surface area contributed by atoms with Gasteiger partial charge in [-0.1, -0.05) is 24.3 Å². The summed E-state index contributed by atoms with van der Waals surface area (Å²) in [4.78, 5) is 28.4. The second-order valence-electron chi connectivity index (χ2n) is 5.84. The summed E-state index contributed by atoms with van der Waals surface area (Å²) in [6, 6.07) is 22.2. The van der Waals surface area contributed by atoms with E-state index < -0.39 is 0 Å². The molecule has 4 nitrogen and oxygen atoms in total. The first-order chi connectivity index (χ1) is 11.8. The molecular formula is C20H12N2O2. The lowest BCUT2D eigenvalue weighted by Gasteiger charge is -2.05. The van der Waals surface area contributed by atoms with Crippen molar-refractivity contribution in [1.29, 1.82) is 0 Å². The molecule has 2 aliphatic heterocycles. The first-order valence-electron chi connectivity index (χ1n) is 7.73. The van der Waals surface area contributed by atoms with Gasteiger partial charge in [0.05, 0.1) is 22.7 Å². The number of carbonyl (C=O) groups is 2. The highest BCUT2D eigenvalue weighted by atomic mass is 16.2. The molecule has 5 rings (SSSR count). The molecule has 3 aromatic carbocycles. The maximum Gasteiger partial charge on any atom is 0.262 e. The molecule has 0 atom stereocenters. The van der Waals surface area contributed by atoms with Crippen LogP contribution in [0.3, 0.4) is 0 Å². The van der Waals surface area contributed by atoms with Crippen LogP contribution in [0.4, 0.5) is 22.7 Å². The van der Waals surface area contributed by atoms with Gasteiger partial charge in [0.15, 0.2) is 0 Å². The van der Waals surface area contributed by atoms with Crippen molar-refractivity contribution in [2.45, 2.75) is 0 Å². The highest BCUT2D eigenvalue weighted by Gasteiger charge is 2.36. The van der Waals surface area contributed by atoms with Crippen molar-refractivity contribution in [1.82, 2.24) is 0 Å². The van der Waals surface area contributed by atoms with Gasteiger partial charge < -0.3 is 0 Å². The lowest BCUT2D eigenvalue weighted by molar-refractivity contribution is 0.0995. The Balaban J connectivity index is 1.35. The zero-order valence-corrected chi connectivity index (χ0v) is 12.6. The monoisotopic (exact) mass is 312 g/mol. The SMILES string of the molecule is O=C(c1ccc(C(=O)N2c3ccccc32)cc1)N1c2ccccc21. The Labute approximate surface area is 138 Å². The van der Waals surface area contributed by atoms with Crippen LogP contribution in [-0.4, -0.2) is 11.8 Å². The normalized spacial score (nSPS) is 13.2. The van der Waals surface area contributed by atoms with Crippen molar-refractivity contribution in [3.63, 3.8) is 0 Å². The molecule has 0 aromatic heterocycles. The Morgan fingerprint density at radius 3 is 1.08 bits per heavy atom. The van der Waals surface area contributed by atoms with Gasteiger partial charge in [-0.2, -0.15) is 0 Å². The minimum atomic E-state index is -0.0646. The number of hydrogen-bond donors (Lipinski definition) is 0. The molecule has 0 radical (unpaired) electrons. The second-order valence-corrected chi connectivity index (χ2v) is 5.84. The molecule has 4 heteroatoms. The van der Waals surface area contributed by atoms with E-state index in [2.05, 4.69) is 0 Å². The zero-order valence-electron chi connectivity index (χ0n) is 12.6. The van der Waals surface area contributed by atoms with E-state index in [4.69, 9.17) is 0 Å². The maximum absolute atomic E-state index is 12.5. The summed E-state index contributed by atoms with van der Waals surface area (Å²) in [6.45, 7) is 0. The summed E-state index contributed by atoms with van der Waals surface area (Å²) in [5.74, 6) is -0.129. The van der Waals surface area contributed by atoms with Crippen LogP contribution in [-0.2, 0) is 0 Å². The third kappa shape index (κ3) is 1.80. The molecule has 24 heavy (non-hydrogen) atoms. The molecule has 3 aromatic rings. The predicted molar refractivity (Wildman–Crippen MR) is 92.3 cm³/mol. The number of rotatable bonds is 2. The second kappa shape index (κ2) is 4.55. The number of carbonyl (C=O) groups excluding carboxylic acids is 2. The van der Waals surface area contributed by atoms with E-state index in [0.29, 0.717) is 11.1 Å². The van der Waals surface area contributed by atoms with Crippen LogP contribution >= 0.6 is 0 Å². The Morgan fingerprint density at radius 1 is 0.500 bits per heavy atom. The van der Waals surface area contributed by atoms with E-state index in [0.717, 1.165) is 22.7 Å². The van der Waals surface area contributed by atoms with E-state index in [1.807, 2.05) is 48.5 Å². The summed E-state index contributed by atoms with van der Waals surface area (Å²) in [5.41, 5.74) is 4.94. The van der Waals surface area contributed by atoms with E-state index in [-0.39, 0.29) is 11.8 Å². The van der Waals surface area contributed by atoms with Gasteiger partial charge in [0, 0.05) is 11.1 Å². The summed E-state index contributed by atoms with van der Waals surface area (Å²) >= 11 is 0. The third-order valence-electron chi connectivity index (χ3n) is 4.41. The van der Waals surface area contributed by atoms with E-state index in [1.165, 1.54) is 0 Å². The Hall–Kier alpha value is -3.40. The van der Waals surface area contributed by atoms with Crippen molar-refractivity contribution in [2.75, 3.05) is 9.80 Å². The number of nitrogens with zero attached hydrogens (tertiary/aromatic N) is 2. The third-order valence-corrected chi connectivity index (χ3v) is 4.41. The van der Waals surface area contributed by atoms with Crippen molar-refractivity contribution >= 4 is 34.6 Å². The summed E-state index contributed by atoms with van der Waals surface area (Å²) in [5, 5.41) is 0. The quantitative estimate of drug-likeness (QED) is 0.663. The van der Waals surface area contributed by atoms with Gasteiger partial charge in [0.1, 0.15) is 0 Å². The molecule has 0 unspecified atom stereocenters. The minimum absolute atomic E-state index is 0.0646. The number of benzene rings is 3. The molecule has 2 aliphatic rings. The van der Waals surface area contributed by atoms with E-state index in [1.54, 1.807) is 34.1 Å². The van der Waals surface area contributed by atoms with Crippen LogP contribution in [0, 0.1) is 0 Å². The molecule has 2 amide bonds. The fourth-order valence-corrected chi connectivity index (χ4v) is 3.06. The van der Waals surface area contributed by atoms with Gasteiger partial charge in [-0.05, 0) is 48.5 Å². The fraction of sp³-hybridized carbons (Fsp3) is 0. The number of hydrogen-bond acceptors (Lipinski definition) is 2. The highest BCUT2D eigenvalue weighted by molar-refractivity contribution is 6.23. The average molecular weight is 312 g/mol. The largest absolute Gasteiger partial charge is 0.273 e. The minimum Gasteiger partial charge on any atom is -0.273 e. The smallest absolute Gasteiger partial charge is 0.262 e. The van der Waals surface area contributed by atoms with Crippen LogP contribution in [0.1, 0.15) is 20.7 Å². The molecule has 0 N–H and O–H groups in total. The molecule has 0 spiro atoms. The van der Waals surface area contributed by atoms with Crippen LogP contribution in [0.2, 0.25) is 0 Å². The van der Waals surface area contributed by atoms with E-state index in [9.17, 15) is 9.59 Å². The number of anilines is 4. The van der Waals surface area contributed by atoms with Gasteiger partial charge in [-0.3, -0.25) is 19.4 Å². The lowest BCUT2D eigenvalue weighted by Crippen LogP contribution is -2.15. The van der Waals surface area contributed by atoms with Crippen molar-refractivity contribution in [2.24, 2.45) is 0 Å². The van der Waals surface area contributed by atoms with Gasteiger partial charge in [-0.25, -0.2) is 0 Å². The molecule has 114 valence electrons. The molecule has 0 fully saturated rings. The lowest BCUT2D eigenvalue weighted by atomic mass is 10.1. The summed E-state index contributed by atoms with van der Waals surface area (Å²) in [6.07, 6.45) is 0. The van der Waals surface area contributed by atoms with Crippen molar-refractivity contribution < 1.29 is 9.59 Å². The number of para-hydroxylation sites is 4. The van der Waals surface area contributed by atoms with Gasteiger partial charge in [-0.15, -0.1) is 0 Å². The highest BCUT2D eigenvalue weighted by Crippen LogP contribution is 2.49. The van der Waals surface area contributed by atoms with Gasteiger partial charge >= 0.3 is 0 Å². The topological polar surface area (TPSA) is 40.2 Å². The van der Waals surface area contributed by atoms with E-state index >= 15 is 0 Å². The predicted octanol–water partition coefficient (Wildman–Crippen LogP) is 4.27. The Bertz CT molecular complexity index is 880. The Kier molecular flexibility index (Phi) is 2.48.